The molecule has 0 saturated heterocycles. The minimum atomic E-state index is -0.127. The lowest BCUT2D eigenvalue weighted by atomic mass is 10.3. The molecule has 0 aromatic rings. The maximum atomic E-state index is 10.3. The zero-order valence-electron chi connectivity index (χ0n) is 5.93. The van der Waals surface area contributed by atoms with Gasteiger partial charge in [-0.25, -0.2) is 0 Å². The fourth-order valence-corrected chi connectivity index (χ4v) is 0.651. The molecule has 60 valence electrons. The van der Waals surface area contributed by atoms with Crippen LogP contribution in [0.2, 0.25) is 0 Å². The van der Waals surface area contributed by atoms with Crippen molar-refractivity contribution in [2.24, 2.45) is 0 Å². The molecule has 10 heavy (non-hydrogen) atoms. The largest absolute Gasteiger partial charge is 0.529 e. The molecule has 0 aromatic carbocycles. The van der Waals surface area contributed by atoms with Crippen LogP contribution in [0.1, 0.15) is 12.8 Å². The van der Waals surface area contributed by atoms with E-state index in [-0.39, 0.29) is 5.97 Å². The van der Waals surface area contributed by atoms with Crippen LogP contribution >= 0.6 is 11.6 Å². The predicted octanol–water partition coefficient (Wildman–Crippen LogP) is -0.356. The molecular formula is C5H11ClO3Si. The highest BCUT2D eigenvalue weighted by Gasteiger charge is 1.95. The van der Waals surface area contributed by atoms with E-state index in [1.165, 1.54) is 0 Å². The van der Waals surface area contributed by atoms with Crippen molar-refractivity contribution in [2.45, 2.75) is 12.8 Å². The lowest BCUT2D eigenvalue weighted by Gasteiger charge is -1.94. The van der Waals surface area contributed by atoms with Crippen LogP contribution in [-0.4, -0.2) is 29.1 Å². The Labute approximate surface area is 68.2 Å². The SMILES string of the molecule is C=O.O=C(CCCCl)O[SiH3]. The van der Waals surface area contributed by atoms with E-state index in [2.05, 4.69) is 4.43 Å². The van der Waals surface area contributed by atoms with E-state index in [1.54, 1.807) is 0 Å². The van der Waals surface area contributed by atoms with E-state index in [0.717, 1.165) is 6.42 Å². The maximum absolute atomic E-state index is 10.3. The molecule has 0 fully saturated rings. The van der Waals surface area contributed by atoms with Crippen LogP contribution in [0.4, 0.5) is 0 Å². The van der Waals surface area contributed by atoms with E-state index in [9.17, 15) is 4.79 Å². The first kappa shape index (κ1) is 12.3. The van der Waals surface area contributed by atoms with Gasteiger partial charge in [0.05, 0.1) is 0 Å². The Hall–Kier alpha value is -0.353. The number of carbonyl (C=O) groups excluding carboxylic acids is 2. The average Bonchev–Trinajstić information content (AvgIpc) is 2.04. The van der Waals surface area contributed by atoms with Crippen molar-refractivity contribution < 1.29 is 14.0 Å². The Bertz CT molecular complexity index is 89.0. The summed E-state index contributed by atoms with van der Waals surface area (Å²) in [5, 5.41) is 0. The van der Waals surface area contributed by atoms with Crippen LogP contribution in [0.3, 0.4) is 0 Å². The van der Waals surface area contributed by atoms with Gasteiger partial charge in [-0.15, -0.1) is 11.6 Å². The second-order valence-electron chi connectivity index (χ2n) is 1.37. The number of hydrogen-bond acceptors (Lipinski definition) is 3. The molecule has 0 spiro atoms. The summed E-state index contributed by atoms with van der Waals surface area (Å²) >= 11 is 5.31. The van der Waals surface area contributed by atoms with E-state index < -0.39 is 0 Å². The smallest absolute Gasteiger partial charge is 0.291 e. The molecular weight excluding hydrogens is 172 g/mol. The predicted molar refractivity (Wildman–Crippen MR) is 43.1 cm³/mol. The molecule has 0 aliphatic rings. The van der Waals surface area contributed by atoms with Crippen molar-refractivity contribution in [1.82, 2.24) is 0 Å². The first-order chi connectivity index (χ1) is 4.81. The van der Waals surface area contributed by atoms with Crippen molar-refractivity contribution in [3.63, 3.8) is 0 Å². The standard InChI is InChI=1S/C4H9ClO2Si.CH2O/c5-3-1-2-4(6)7-8;1-2/h1-3H2,8H3;1H2. The third-order valence-corrected chi connectivity index (χ3v) is 1.46. The van der Waals surface area contributed by atoms with Gasteiger partial charge in [-0.1, -0.05) is 0 Å². The first-order valence-corrected chi connectivity index (χ1v) is 4.08. The highest BCUT2D eigenvalue weighted by Crippen LogP contribution is 1.92. The monoisotopic (exact) mass is 182 g/mol. The Morgan fingerprint density at radius 2 is 2.10 bits per heavy atom. The van der Waals surface area contributed by atoms with Crippen molar-refractivity contribution in [3.05, 3.63) is 0 Å². The molecule has 0 radical (unpaired) electrons. The van der Waals surface area contributed by atoms with Gasteiger partial charge in [0.2, 0.25) is 10.5 Å². The summed E-state index contributed by atoms with van der Waals surface area (Å²) in [5.74, 6) is 0.411. The summed E-state index contributed by atoms with van der Waals surface area (Å²) in [6.07, 6.45) is 1.19. The molecule has 0 heterocycles. The van der Waals surface area contributed by atoms with Crippen LogP contribution in [0.25, 0.3) is 0 Å². The molecule has 0 N–H and O–H groups in total. The molecule has 0 amide bonds. The molecule has 0 aliphatic heterocycles. The minimum absolute atomic E-state index is 0.127. The Morgan fingerprint density at radius 3 is 2.40 bits per heavy atom. The van der Waals surface area contributed by atoms with Gasteiger partial charge < -0.3 is 9.22 Å². The van der Waals surface area contributed by atoms with Crippen LogP contribution in [-0.2, 0) is 14.0 Å². The summed E-state index contributed by atoms with van der Waals surface area (Å²) < 4.78 is 4.49. The first-order valence-electron chi connectivity index (χ1n) is 2.73. The fourth-order valence-electron chi connectivity index (χ4n) is 0.313. The van der Waals surface area contributed by atoms with Gasteiger partial charge in [-0.05, 0) is 6.42 Å². The minimum Gasteiger partial charge on any atom is -0.529 e. The lowest BCUT2D eigenvalue weighted by Crippen LogP contribution is -2.00. The lowest BCUT2D eigenvalue weighted by molar-refractivity contribution is -0.134. The van der Waals surface area contributed by atoms with Gasteiger partial charge in [0.1, 0.15) is 6.79 Å². The van der Waals surface area contributed by atoms with Gasteiger partial charge in [0.25, 0.3) is 5.97 Å². The van der Waals surface area contributed by atoms with Crippen LogP contribution < -0.4 is 0 Å². The molecule has 0 bridgehead atoms. The molecule has 0 aliphatic carbocycles. The third-order valence-electron chi connectivity index (χ3n) is 0.742. The number of rotatable bonds is 3. The Kier molecular flexibility index (Phi) is 14.1. The summed E-state index contributed by atoms with van der Waals surface area (Å²) in [6, 6.07) is 0. The van der Waals surface area contributed by atoms with Crippen LogP contribution in [0.15, 0.2) is 0 Å². The number of carbonyl (C=O) groups is 2. The number of hydrogen-bond donors (Lipinski definition) is 0. The average molecular weight is 183 g/mol. The summed E-state index contributed by atoms with van der Waals surface area (Å²) in [6.45, 7) is 2.00. The fraction of sp³-hybridized carbons (Fsp3) is 0.600. The quantitative estimate of drug-likeness (QED) is 0.443. The normalized spacial score (nSPS) is 7.70. The zero-order chi connectivity index (χ0) is 8.41. The van der Waals surface area contributed by atoms with Gasteiger partial charge in [-0.2, -0.15) is 0 Å². The topological polar surface area (TPSA) is 43.4 Å². The summed E-state index contributed by atoms with van der Waals surface area (Å²) in [7, 11) is 0.497. The van der Waals surface area contributed by atoms with Gasteiger partial charge in [0, 0.05) is 12.3 Å². The molecule has 0 atom stereocenters. The van der Waals surface area contributed by atoms with E-state index in [4.69, 9.17) is 16.4 Å². The Morgan fingerprint density at radius 1 is 1.60 bits per heavy atom. The van der Waals surface area contributed by atoms with Crippen LogP contribution in [0, 0.1) is 0 Å². The maximum Gasteiger partial charge on any atom is 0.291 e. The highest BCUT2D eigenvalue weighted by molar-refractivity contribution is 6.18. The van der Waals surface area contributed by atoms with Crippen molar-refractivity contribution in [1.29, 1.82) is 0 Å². The summed E-state index contributed by atoms with van der Waals surface area (Å²) in [4.78, 5) is 18.3. The third kappa shape index (κ3) is 10.6. The zero-order valence-corrected chi connectivity index (χ0v) is 8.69. The van der Waals surface area contributed by atoms with Gasteiger partial charge >= 0.3 is 0 Å². The second kappa shape index (κ2) is 11.4. The number of halogens is 1. The second-order valence-corrected chi connectivity index (χ2v) is 2.15. The molecule has 0 unspecified atom stereocenters. The highest BCUT2D eigenvalue weighted by atomic mass is 35.5. The molecule has 0 saturated carbocycles. The molecule has 3 nitrogen and oxygen atoms in total. The molecule has 0 aromatic heterocycles. The molecule has 0 rings (SSSR count). The van der Waals surface area contributed by atoms with Gasteiger partial charge in [0.15, 0.2) is 0 Å². The number of alkyl halides is 1. The van der Waals surface area contributed by atoms with Crippen molar-refractivity contribution in [3.8, 4) is 0 Å². The van der Waals surface area contributed by atoms with E-state index >= 15 is 0 Å². The van der Waals surface area contributed by atoms with E-state index in [1.807, 2.05) is 6.79 Å². The van der Waals surface area contributed by atoms with Gasteiger partial charge in [-0.3, -0.25) is 4.79 Å². The Balaban J connectivity index is 0. The summed E-state index contributed by atoms with van der Waals surface area (Å²) in [5.41, 5.74) is 0. The molecule has 5 heteroatoms. The van der Waals surface area contributed by atoms with Crippen molar-refractivity contribution >= 4 is 34.8 Å². The van der Waals surface area contributed by atoms with E-state index in [0.29, 0.717) is 22.8 Å². The van der Waals surface area contributed by atoms with Crippen molar-refractivity contribution in [2.75, 3.05) is 5.88 Å². The van der Waals surface area contributed by atoms with Crippen LogP contribution in [0.5, 0.6) is 0 Å².